The molecule has 0 amide bonds. The van der Waals surface area contributed by atoms with Crippen molar-refractivity contribution in [1.82, 2.24) is 0 Å². The molecule has 0 aliphatic rings. The first-order valence-corrected chi connectivity index (χ1v) is 8.95. The molecular weight excluding hydrogens is 336 g/mol. The molecule has 0 aliphatic carbocycles. The average molecular weight is 361 g/mol. The molecule has 0 unspecified atom stereocenters. The Balaban J connectivity index is 1.77. The maximum absolute atomic E-state index is 11.9. The van der Waals surface area contributed by atoms with E-state index in [4.69, 9.17) is 21.1 Å². The maximum Gasteiger partial charge on any atom is 0.311 e. The van der Waals surface area contributed by atoms with Crippen molar-refractivity contribution in [3.8, 4) is 11.5 Å². The van der Waals surface area contributed by atoms with Gasteiger partial charge in [-0.05, 0) is 73.2 Å². The molecule has 2 rings (SSSR count). The van der Waals surface area contributed by atoms with Gasteiger partial charge in [0.2, 0.25) is 0 Å². The largest absolute Gasteiger partial charge is 0.494 e. The van der Waals surface area contributed by atoms with Gasteiger partial charge in [0, 0.05) is 11.4 Å². The third-order valence-electron chi connectivity index (χ3n) is 4.02. The van der Waals surface area contributed by atoms with E-state index in [0.717, 1.165) is 11.3 Å². The van der Waals surface area contributed by atoms with Crippen LogP contribution in [0.5, 0.6) is 11.5 Å². The predicted octanol–water partition coefficient (Wildman–Crippen LogP) is 5.84. The average Bonchev–Trinajstić information content (AvgIpc) is 2.54. The summed E-state index contributed by atoms with van der Waals surface area (Å²) in [6, 6.07) is 11.3. The molecule has 0 fully saturated rings. The van der Waals surface area contributed by atoms with Crippen LogP contribution in [0.3, 0.4) is 0 Å². The summed E-state index contributed by atoms with van der Waals surface area (Å²) in [6.45, 7) is 8.79. The number of benzene rings is 2. The van der Waals surface area contributed by atoms with Crippen molar-refractivity contribution in [2.45, 2.75) is 46.5 Å². The van der Waals surface area contributed by atoms with Gasteiger partial charge in [-0.25, -0.2) is 0 Å². The molecule has 4 heteroatoms. The van der Waals surface area contributed by atoms with E-state index in [0.29, 0.717) is 36.1 Å². The monoisotopic (exact) mass is 360 g/mol. The summed E-state index contributed by atoms with van der Waals surface area (Å²) in [6.07, 6.45) is 0.918. The van der Waals surface area contributed by atoms with Crippen LogP contribution in [-0.4, -0.2) is 12.6 Å². The van der Waals surface area contributed by atoms with Crippen LogP contribution < -0.4 is 9.47 Å². The van der Waals surface area contributed by atoms with E-state index < -0.39 is 0 Å². The van der Waals surface area contributed by atoms with Gasteiger partial charge < -0.3 is 9.47 Å². The van der Waals surface area contributed by atoms with E-state index in [1.165, 1.54) is 11.1 Å². The smallest absolute Gasteiger partial charge is 0.311 e. The normalized spacial score (nSPS) is 10.8. The highest BCUT2D eigenvalue weighted by Gasteiger charge is 2.08. The molecule has 0 aliphatic heterocycles. The van der Waals surface area contributed by atoms with Crippen LogP contribution in [-0.2, 0) is 4.79 Å². The van der Waals surface area contributed by atoms with Crippen molar-refractivity contribution >= 4 is 17.6 Å². The number of hydrogen-bond donors (Lipinski definition) is 0. The van der Waals surface area contributed by atoms with E-state index in [1.807, 2.05) is 19.1 Å². The second kappa shape index (κ2) is 8.91. The molecule has 2 aromatic carbocycles. The van der Waals surface area contributed by atoms with Gasteiger partial charge in [-0.3, -0.25) is 4.79 Å². The quantitative estimate of drug-likeness (QED) is 0.353. The summed E-state index contributed by atoms with van der Waals surface area (Å²) >= 11 is 5.90. The first-order chi connectivity index (χ1) is 11.9. The fourth-order valence-electron chi connectivity index (χ4n) is 2.69. The lowest BCUT2D eigenvalue weighted by Crippen LogP contribution is -2.10. The minimum Gasteiger partial charge on any atom is -0.494 e. The zero-order valence-corrected chi connectivity index (χ0v) is 16.0. The molecule has 0 radical (unpaired) electrons. The second-order valence-corrected chi connectivity index (χ2v) is 6.95. The van der Waals surface area contributed by atoms with E-state index in [-0.39, 0.29) is 5.97 Å². The Hall–Kier alpha value is -2.00. The lowest BCUT2D eigenvalue weighted by Gasteiger charge is -2.12. The molecule has 0 aromatic heterocycles. The van der Waals surface area contributed by atoms with Crippen molar-refractivity contribution in [1.29, 1.82) is 0 Å². The molecule has 0 saturated carbocycles. The van der Waals surface area contributed by atoms with Gasteiger partial charge in [0.1, 0.15) is 11.5 Å². The SMILES string of the molecule is Cc1cc(Cl)ccc1OC(=O)CCCOc1ccc(C(C)C)c(C)c1. The molecule has 0 N–H and O–H groups in total. The van der Waals surface area contributed by atoms with Gasteiger partial charge >= 0.3 is 5.97 Å². The molecule has 0 atom stereocenters. The maximum atomic E-state index is 11.9. The number of halogens is 1. The Labute approximate surface area is 154 Å². The fourth-order valence-corrected chi connectivity index (χ4v) is 2.92. The van der Waals surface area contributed by atoms with Crippen molar-refractivity contribution in [3.63, 3.8) is 0 Å². The second-order valence-electron chi connectivity index (χ2n) is 6.51. The first kappa shape index (κ1) is 19.3. The highest BCUT2D eigenvalue weighted by Crippen LogP contribution is 2.24. The Bertz CT molecular complexity index is 738. The predicted molar refractivity (Wildman–Crippen MR) is 102 cm³/mol. The zero-order chi connectivity index (χ0) is 18.4. The third-order valence-corrected chi connectivity index (χ3v) is 4.25. The number of ether oxygens (including phenoxy) is 2. The lowest BCUT2D eigenvalue weighted by atomic mass is 9.98. The highest BCUT2D eigenvalue weighted by atomic mass is 35.5. The molecule has 0 spiro atoms. The van der Waals surface area contributed by atoms with E-state index in [2.05, 4.69) is 26.8 Å². The van der Waals surface area contributed by atoms with Crippen LogP contribution >= 0.6 is 11.6 Å². The molecule has 0 saturated heterocycles. The standard InChI is InChI=1S/C21H25ClO3/c1-14(2)19-9-8-18(13-15(19)3)24-11-5-6-21(23)25-20-10-7-17(22)12-16(20)4/h7-10,12-14H,5-6,11H2,1-4H3. The Morgan fingerprint density at radius 2 is 1.84 bits per heavy atom. The number of carbonyl (C=O) groups excluding carboxylic acids is 1. The minimum atomic E-state index is -0.264. The number of esters is 1. The highest BCUT2D eigenvalue weighted by molar-refractivity contribution is 6.30. The summed E-state index contributed by atoms with van der Waals surface area (Å²) in [7, 11) is 0. The van der Waals surface area contributed by atoms with Gasteiger partial charge in [0.05, 0.1) is 6.61 Å². The van der Waals surface area contributed by atoms with Crippen molar-refractivity contribution in [2.75, 3.05) is 6.61 Å². The van der Waals surface area contributed by atoms with E-state index >= 15 is 0 Å². The van der Waals surface area contributed by atoms with Crippen molar-refractivity contribution < 1.29 is 14.3 Å². The number of carbonyl (C=O) groups is 1. The summed E-state index contributed by atoms with van der Waals surface area (Å²) in [5.41, 5.74) is 3.40. The third kappa shape index (κ3) is 5.79. The Morgan fingerprint density at radius 3 is 2.48 bits per heavy atom. The van der Waals surface area contributed by atoms with E-state index in [9.17, 15) is 4.79 Å². The zero-order valence-electron chi connectivity index (χ0n) is 15.3. The summed E-state index contributed by atoms with van der Waals surface area (Å²) in [5.74, 6) is 1.62. The van der Waals surface area contributed by atoms with Gasteiger partial charge in [-0.1, -0.05) is 31.5 Å². The molecule has 3 nitrogen and oxygen atoms in total. The fraction of sp³-hybridized carbons (Fsp3) is 0.381. The van der Waals surface area contributed by atoms with Gasteiger partial charge in [0.25, 0.3) is 0 Å². The molecule has 25 heavy (non-hydrogen) atoms. The van der Waals surface area contributed by atoms with Crippen molar-refractivity contribution in [3.05, 3.63) is 58.1 Å². The lowest BCUT2D eigenvalue weighted by molar-refractivity contribution is -0.134. The van der Waals surface area contributed by atoms with Crippen LogP contribution in [0, 0.1) is 13.8 Å². The first-order valence-electron chi connectivity index (χ1n) is 8.57. The molecule has 2 aromatic rings. The van der Waals surface area contributed by atoms with Crippen molar-refractivity contribution in [2.24, 2.45) is 0 Å². The van der Waals surface area contributed by atoms with Crippen LogP contribution in [0.15, 0.2) is 36.4 Å². The number of hydrogen-bond acceptors (Lipinski definition) is 3. The minimum absolute atomic E-state index is 0.264. The Morgan fingerprint density at radius 1 is 1.08 bits per heavy atom. The Kier molecular flexibility index (Phi) is 6.89. The molecular formula is C21H25ClO3. The van der Waals surface area contributed by atoms with Gasteiger partial charge in [0.15, 0.2) is 0 Å². The van der Waals surface area contributed by atoms with Crippen LogP contribution in [0.1, 0.15) is 49.3 Å². The number of aryl methyl sites for hydroxylation is 2. The summed E-state index contributed by atoms with van der Waals surface area (Å²) in [4.78, 5) is 11.9. The van der Waals surface area contributed by atoms with Crippen LogP contribution in [0.4, 0.5) is 0 Å². The molecule has 134 valence electrons. The number of rotatable bonds is 7. The molecule has 0 bridgehead atoms. The van der Waals surface area contributed by atoms with Gasteiger partial charge in [-0.2, -0.15) is 0 Å². The van der Waals surface area contributed by atoms with Crippen LogP contribution in [0.25, 0.3) is 0 Å². The summed E-state index contributed by atoms with van der Waals surface area (Å²) in [5, 5.41) is 0.629. The topological polar surface area (TPSA) is 35.5 Å². The van der Waals surface area contributed by atoms with Gasteiger partial charge in [-0.15, -0.1) is 0 Å². The van der Waals surface area contributed by atoms with Crippen LogP contribution in [0.2, 0.25) is 5.02 Å². The van der Waals surface area contributed by atoms with E-state index in [1.54, 1.807) is 18.2 Å². The molecule has 0 heterocycles. The summed E-state index contributed by atoms with van der Waals surface area (Å²) < 4.78 is 11.1.